The van der Waals surface area contributed by atoms with Gasteiger partial charge in [-0.15, -0.1) is 0 Å². The lowest BCUT2D eigenvalue weighted by molar-refractivity contribution is -0.167. The second-order valence-corrected chi connectivity index (χ2v) is 3.95. The van der Waals surface area contributed by atoms with Crippen LogP contribution in [0.4, 0.5) is 18.9 Å². The van der Waals surface area contributed by atoms with E-state index in [-0.39, 0.29) is 11.4 Å². The van der Waals surface area contributed by atoms with Crippen molar-refractivity contribution in [2.45, 2.75) is 33.0 Å². The number of aryl methyl sites for hydroxylation is 1. The summed E-state index contributed by atoms with van der Waals surface area (Å²) in [5, 5.41) is 7.98. The minimum atomic E-state index is -5.02. The lowest BCUT2D eigenvalue weighted by Crippen LogP contribution is -2.31. The fourth-order valence-electron chi connectivity index (χ4n) is 1.36. The molecule has 0 unspecified atom stereocenters. The predicted octanol–water partition coefficient (Wildman–Crippen LogP) is 1.54. The molecule has 0 saturated carbocycles. The topological polar surface area (TPSA) is 76.0 Å². The van der Waals surface area contributed by atoms with Crippen molar-refractivity contribution >= 4 is 17.5 Å². The number of nitrogens with zero attached hydrogens (tertiary/aromatic N) is 2. The van der Waals surface area contributed by atoms with Crippen LogP contribution in [-0.2, 0) is 11.3 Å². The molecule has 0 aliphatic heterocycles. The molecular weight excluding hydrogens is 277 g/mol. The van der Waals surface area contributed by atoms with Gasteiger partial charge < -0.3 is 10.6 Å². The largest absolute Gasteiger partial charge is 0.471 e. The summed E-state index contributed by atoms with van der Waals surface area (Å²) in [6.07, 6.45) is -3.17. The highest BCUT2D eigenvalue weighted by Gasteiger charge is 2.39. The molecule has 0 bridgehead atoms. The Hall–Kier alpha value is -2.06. The van der Waals surface area contributed by atoms with E-state index in [1.165, 1.54) is 10.9 Å². The number of halogens is 3. The van der Waals surface area contributed by atoms with E-state index in [0.717, 1.165) is 0 Å². The van der Waals surface area contributed by atoms with E-state index in [1.54, 1.807) is 12.2 Å². The van der Waals surface area contributed by atoms with Crippen LogP contribution in [0.25, 0.3) is 0 Å². The smallest absolute Gasteiger partial charge is 0.351 e. The number of aromatic nitrogens is 2. The fourth-order valence-corrected chi connectivity index (χ4v) is 1.36. The molecule has 0 aliphatic rings. The second-order valence-electron chi connectivity index (χ2n) is 3.95. The summed E-state index contributed by atoms with van der Waals surface area (Å²) >= 11 is 0. The lowest BCUT2D eigenvalue weighted by atomic mass is 10.3. The third-order valence-electron chi connectivity index (χ3n) is 2.34. The third-order valence-corrected chi connectivity index (χ3v) is 2.34. The summed E-state index contributed by atoms with van der Waals surface area (Å²) < 4.78 is 37.9. The summed E-state index contributed by atoms with van der Waals surface area (Å²) in [6, 6.07) is 0. The molecule has 0 radical (unpaired) electrons. The van der Waals surface area contributed by atoms with Gasteiger partial charge in [0.1, 0.15) is 0 Å². The summed E-state index contributed by atoms with van der Waals surface area (Å²) in [4.78, 5) is 22.7. The van der Waals surface area contributed by atoms with Crippen LogP contribution >= 0.6 is 0 Å². The first-order chi connectivity index (χ1) is 9.29. The molecule has 0 aliphatic carbocycles. The fraction of sp³-hybridized carbons (Fsp3) is 0.545. The SMILES string of the molecule is CCCNC(=O)c1nn(CC)cc1NC(=O)C(F)(F)F. The van der Waals surface area contributed by atoms with Crippen molar-refractivity contribution in [2.24, 2.45) is 0 Å². The third kappa shape index (κ3) is 3.97. The summed E-state index contributed by atoms with van der Waals surface area (Å²) in [5.74, 6) is -2.77. The van der Waals surface area contributed by atoms with Gasteiger partial charge in [-0.25, -0.2) is 0 Å². The van der Waals surface area contributed by atoms with Gasteiger partial charge in [0, 0.05) is 19.3 Å². The summed E-state index contributed by atoms with van der Waals surface area (Å²) in [5.41, 5.74) is -0.499. The molecule has 112 valence electrons. The number of carbonyl (C=O) groups excluding carboxylic acids is 2. The zero-order valence-electron chi connectivity index (χ0n) is 11.0. The van der Waals surface area contributed by atoms with Gasteiger partial charge in [0.25, 0.3) is 5.91 Å². The first kappa shape index (κ1) is 16.0. The van der Waals surface area contributed by atoms with Crippen LogP contribution in [0.5, 0.6) is 0 Å². The molecule has 0 aromatic carbocycles. The zero-order chi connectivity index (χ0) is 15.3. The van der Waals surface area contributed by atoms with E-state index < -0.39 is 18.0 Å². The average molecular weight is 292 g/mol. The minimum absolute atomic E-state index is 0.238. The van der Waals surface area contributed by atoms with Crippen molar-refractivity contribution in [3.8, 4) is 0 Å². The molecule has 2 N–H and O–H groups in total. The van der Waals surface area contributed by atoms with E-state index >= 15 is 0 Å². The van der Waals surface area contributed by atoms with Crippen molar-refractivity contribution in [2.75, 3.05) is 11.9 Å². The van der Waals surface area contributed by atoms with Crippen molar-refractivity contribution in [3.63, 3.8) is 0 Å². The van der Waals surface area contributed by atoms with E-state index in [9.17, 15) is 22.8 Å². The molecule has 20 heavy (non-hydrogen) atoms. The van der Waals surface area contributed by atoms with Gasteiger partial charge in [-0.2, -0.15) is 18.3 Å². The molecule has 0 spiro atoms. The monoisotopic (exact) mass is 292 g/mol. The highest BCUT2D eigenvalue weighted by molar-refractivity contribution is 6.03. The first-order valence-corrected chi connectivity index (χ1v) is 6.03. The van der Waals surface area contributed by atoms with Crippen molar-refractivity contribution < 1.29 is 22.8 Å². The molecular formula is C11H15F3N4O2. The van der Waals surface area contributed by atoms with Crippen molar-refractivity contribution in [1.29, 1.82) is 0 Å². The number of rotatable bonds is 5. The Balaban J connectivity index is 2.97. The normalized spacial score (nSPS) is 11.2. The van der Waals surface area contributed by atoms with Gasteiger partial charge in [0.15, 0.2) is 5.69 Å². The maximum Gasteiger partial charge on any atom is 0.471 e. The summed E-state index contributed by atoms with van der Waals surface area (Å²) in [6.45, 7) is 4.26. The maximum atomic E-state index is 12.2. The number of hydrogen-bond acceptors (Lipinski definition) is 3. The number of hydrogen-bond donors (Lipinski definition) is 2. The predicted molar refractivity (Wildman–Crippen MR) is 65.2 cm³/mol. The standard InChI is InChI=1S/C11H15F3N4O2/c1-3-5-15-9(19)8-7(6-18(4-2)17-8)16-10(20)11(12,13)14/h6H,3-5H2,1-2H3,(H,15,19)(H,16,20). The molecule has 0 fully saturated rings. The second kappa shape index (κ2) is 6.40. The van der Waals surface area contributed by atoms with Crippen LogP contribution in [0.2, 0.25) is 0 Å². The van der Waals surface area contributed by atoms with E-state index in [2.05, 4.69) is 10.4 Å². The molecule has 1 aromatic rings. The Bertz CT molecular complexity index is 496. The molecule has 2 amide bonds. The average Bonchev–Trinajstić information content (AvgIpc) is 2.78. The molecule has 1 heterocycles. The number of carbonyl (C=O) groups is 2. The first-order valence-electron chi connectivity index (χ1n) is 6.03. The highest BCUT2D eigenvalue weighted by Crippen LogP contribution is 2.20. The Morgan fingerprint density at radius 3 is 2.50 bits per heavy atom. The molecule has 9 heteroatoms. The van der Waals surface area contributed by atoms with Crippen LogP contribution in [0, 0.1) is 0 Å². The van der Waals surface area contributed by atoms with Gasteiger partial charge in [0.05, 0.1) is 5.69 Å². The molecule has 1 rings (SSSR count). The van der Waals surface area contributed by atoms with E-state index in [0.29, 0.717) is 19.5 Å². The molecule has 0 atom stereocenters. The molecule has 1 aromatic heterocycles. The number of alkyl halides is 3. The number of nitrogens with one attached hydrogen (secondary N) is 2. The van der Waals surface area contributed by atoms with Gasteiger partial charge in [-0.05, 0) is 13.3 Å². The van der Waals surface area contributed by atoms with Crippen molar-refractivity contribution in [1.82, 2.24) is 15.1 Å². The van der Waals surface area contributed by atoms with Crippen LogP contribution in [0.3, 0.4) is 0 Å². The minimum Gasteiger partial charge on any atom is -0.351 e. The number of amides is 2. The zero-order valence-corrected chi connectivity index (χ0v) is 11.0. The van der Waals surface area contributed by atoms with E-state index in [1.807, 2.05) is 6.92 Å². The van der Waals surface area contributed by atoms with Gasteiger partial charge >= 0.3 is 12.1 Å². The quantitative estimate of drug-likeness (QED) is 0.864. The Labute approximate surface area is 113 Å². The van der Waals surface area contributed by atoms with Crippen LogP contribution < -0.4 is 10.6 Å². The Kier molecular flexibility index (Phi) is 5.12. The number of anilines is 1. The highest BCUT2D eigenvalue weighted by atomic mass is 19.4. The Morgan fingerprint density at radius 1 is 1.35 bits per heavy atom. The maximum absolute atomic E-state index is 12.2. The molecule has 6 nitrogen and oxygen atoms in total. The Morgan fingerprint density at radius 2 is 2.00 bits per heavy atom. The van der Waals surface area contributed by atoms with Gasteiger partial charge in [-0.3, -0.25) is 14.3 Å². The van der Waals surface area contributed by atoms with Crippen LogP contribution in [-0.4, -0.2) is 34.3 Å². The van der Waals surface area contributed by atoms with Crippen LogP contribution in [0.1, 0.15) is 30.8 Å². The lowest BCUT2D eigenvalue weighted by Gasteiger charge is -2.07. The van der Waals surface area contributed by atoms with E-state index in [4.69, 9.17) is 0 Å². The van der Waals surface area contributed by atoms with Crippen molar-refractivity contribution in [3.05, 3.63) is 11.9 Å². The van der Waals surface area contributed by atoms with Gasteiger partial charge in [0.2, 0.25) is 0 Å². The molecule has 0 saturated heterocycles. The van der Waals surface area contributed by atoms with Gasteiger partial charge in [-0.1, -0.05) is 6.92 Å². The summed E-state index contributed by atoms with van der Waals surface area (Å²) in [7, 11) is 0. The van der Waals surface area contributed by atoms with Crippen LogP contribution in [0.15, 0.2) is 6.20 Å².